The maximum Gasteiger partial charge on any atom is 0.338 e. The van der Waals surface area contributed by atoms with Crippen molar-refractivity contribution in [1.29, 1.82) is 0 Å². The summed E-state index contributed by atoms with van der Waals surface area (Å²) < 4.78 is 43.0. The van der Waals surface area contributed by atoms with Gasteiger partial charge in [-0.15, -0.1) is 0 Å². The van der Waals surface area contributed by atoms with Crippen LogP contribution in [-0.2, 0) is 28.5 Å². The molecule has 45 heavy (non-hydrogen) atoms. The van der Waals surface area contributed by atoms with Gasteiger partial charge in [0.15, 0.2) is 11.5 Å². The van der Waals surface area contributed by atoms with Crippen LogP contribution >= 0.6 is 0 Å². The van der Waals surface area contributed by atoms with Crippen LogP contribution in [0.25, 0.3) is 0 Å². The minimum Gasteiger partial charge on any atom is -0.493 e. The highest BCUT2D eigenvalue weighted by Gasteiger charge is 2.85. The summed E-state index contributed by atoms with van der Waals surface area (Å²) in [6, 6.07) is 5.31. The van der Waals surface area contributed by atoms with Gasteiger partial charge in [-0.05, 0) is 62.3 Å². The molecule has 5 aliphatic carbocycles. The van der Waals surface area contributed by atoms with Gasteiger partial charge in [0, 0.05) is 75.8 Å². The summed E-state index contributed by atoms with van der Waals surface area (Å²) in [4.78, 5) is 29.8. The predicted octanol–water partition coefficient (Wildman–Crippen LogP) is 3.98. The Balaban J connectivity index is 1.42. The molecule has 0 unspecified atom stereocenters. The van der Waals surface area contributed by atoms with Crippen molar-refractivity contribution < 1.29 is 42.7 Å². The largest absolute Gasteiger partial charge is 0.493 e. The lowest BCUT2D eigenvalue weighted by Crippen LogP contribution is -2.77. The highest BCUT2D eigenvalue weighted by Crippen LogP contribution is 2.80. The zero-order valence-electron chi connectivity index (χ0n) is 27.7. The smallest absolute Gasteiger partial charge is 0.338 e. The van der Waals surface area contributed by atoms with Crippen molar-refractivity contribution in [1.82, 2.24) is 4.90 Å². The predicted molar refractivity (Wildman–Crippen MR) is 163 cm³/mol. The van der Waals surface area contributed by atoms with E-state index in [1.807, 2.05) is 14.2 Å². The lowest BCUT2D eigenvalue weighted by molar-refractivity contribution is -0.276. The molecule has 7 rings (SSSR count). The van der Waals surface area contributed by atoms with Crippen LogP contribution in [0.4, 0.5) is 0 Å². The number of rotatable bonds is 10. The summed E-state index contributed by atoms with van der Waals surface area (Å²) in [7, 11) is 8.55. The zero-order valence-corrected chi connectivity index (χ0v) is 27.7. The van der Waals surface area contributed by atoms with Crippen molar-refractivity contribution in [3.63, 3.8) is 0 Å². The van der Waals surface area contributed by atoms with Crippen LogP contribution in [0, 0.1) is 40.4 Å². The second-order valence-electron chi connectivity index (χ2n) is 14.5. The number of hydrogen-bond acceptors (Lipinski definition) is 10. The highest BCUT2D eigenvalue weighted by molar-refractivity contribution is 5.90. The maximum absolute atomic E-state index is 14.4. The van der Waals surface area contributed by atoms with E-state index in [1.165, 1.54) is 6.92 Å². The van der Waals surface area contributed by atoms with Crippen molar-refractivity contribution in [3.8, 4) is 11.5 Å². The minimum absolute atomic E-state index is 0.0111. The molecule has 1 heterocycles. The number of ether oxygens (including phenoxy) is 7. The first-order chi connectivity index (χ1) is 21.7. The number of fused-ring (bicyclic) bond motifs is 2. The standard InChI is InChI=1S/C35H49NO9/c1-8-36-17-33(18-39-3)12-11-28(43-7)35-22-14-21-26(42-6)16-34(23(31(35)36)15-27(33)35,29(22)30(21)44-19(2)37)45-32(38)20-9-10-24(40-4)25(13-20)41-5/h9-10,13,21-23,26-31H,8,11-12,14-18H2,1-7H3/t21-,22-,23+,26+,27-,28+,29-,30+,31-,33+,34+,35-/m1/s1. The molecule has 12 atom stereocenters. The van der Waals surface area contributed by atoms with Gasteiger partial charge >= 0.3 is 11.9 Å². The number of hydrogen-bond donors (Lipinski definition) is 0. The maximum atomic E-state index is 14.4. The number of carbonyl (C=O) groups excluding carboxylic acids is 2. The molecule has 10 heteroatoms. The molecule has 1 aromatic carbocycles. The molecule has 1 saturated heterocycles. The van der Waals surface area contributed by atoms with Crippen LogP contribution in [0.5, 0.6) is 11.5 Å². The topological polar surface area (TPSA) is 102 Å². The third kappa shape index (κ3) is 4.01. The number of nitrogens with zero attached hydrogens (tertiary/aromatic N) is 1. The van der Waals surface area contributed by atoms with E-state index >= 15 is 0 Å². The molecule has 1 aliphatic heterocycles. The van der Waals surface area contributed by atoms with Crippen LogP contribution < -0.4 is 9.47 Å². The van der Waals surface area contributed by atoms with Crippen LogP contribution in [-0.4, -0.2) is 102 Å². The molecule has 1 spiro atoms. The molecule has 248 valence electrons. The molecule has 0 aromatic heterocycles. The van der Waals surface area contributed by atoms with E-state index in [0.29, 0.717) is 36.0 Å². The molecule has 0 radical (unpaired) electrons. The third-order valence-electron chi connectivity index (χ3n) is 13.3. The summed E-state index contributed by atoms with van der Waals surface area (Å²) >= 11 is 0. The van der Waals surface area contributed by atoms with Crippen molar-refractivity contribution in [2.75, 3.05) is 55.2 Å². The number of carbonyl (C=O) groups is 2. The van der Waals surface area contributed by atoms with Gasteiger partial charge in [0.1, 0.15) is 11.7 Å². The molecule has 0 amide bonds. The Morgan fingerprint density at radius 1 is 1.00 bits per heavy atom. The van der Waals surface area contributed by atoms with Gasteiger partial charge in [-0.1, -0.05) is 6.92 Å². The van der Waals surface area contributed by atoms with Crippen molar-refractivity contribution in [2.24, 2.45) is 40.4 Å². The minimum atomic E-state index is -0.898. The molecule has 6 fully saturated rings. The number of benzene rings is 1. The normalized spacial score (nSPS) is 43.9. The lowest BCUT2D eigenvalue weighted by atomic mass is 9.43. The average molecular weight is 628 g/mol. The molecule has 7 bridgehead atoms. The van der Waals surface area contributed by atoms with Gasteiger partial charge in [-0.2, -0.15) is 0 Å². The second kappa shape index (κ2) is 11.1. The van der Waals surface area contributed by atoms with E-state index in [1.54, 1.807) is 39.5 Å². The van der Waals surface area contributed by atoms with Crippen LogP contribution in [0.1, 0.15) is 56.3 Å². The van der Waals surface area contributed by atoms with E-state index in [9.17, 15) is 9.59 Å². The number of esters is 2. The lowest BCUT2D eigenvalue weighted by Gasteiger charge is -2.69. The van der Waals surface area contributed by atoms with Gasteiger partial charge in [-0.25, -0.2) is 4.79 Å². The quantitative estimate of drug-likeness (QED) is 0.354. The number of methoxy groups -OCH3 is 5. The summed E-state index contributed by atoms with van der Waals surface area (Å²) in [5.41, 5.74) is -0.697. The Hall–Kier alpha value is -2.40. The van der Waals surface area contributed by atoms with Crippen molar-refractivity contribution in [3.05, 3.63) is 23.8 Å². The Bertz CT molecular complexity index is 1340. The Kier molecular flexibility index (Phi) is 7.70. The summed E-state index contributed by atoms with van der Waals surface area (Å²) in [5, 5.41) is 0. The first kappa shape index (κ1) is 31.2. The van der Waals surface area contributed by atoms with Gasteiger partial charge in [0.25, 0.3) is 0 Å². The van der Waals surface area contributed by atoms with Crippen molar-refractivity contribution >= 4 is 11.9 Å². The van der Waals surface area contributed by atoms with Gasteiger partial charge in [0.05, 0.1) is 38.6 Å². The van der Waals surface area contributed by atoms with E-state index < -0.39 is 17.7 Å². The third-order valence-corrected chi connectivity index (χ3v) is 13.3. The fourth-order valence-corrected chi connectivity index (χ4v) is 12.3. The summed E-state index contributed by atoms with van der Waals surface area (Å²) in [6.07, 6.45) is 3.76. The molecule has 5 saturated carbocycles. The van der Waals surface area contributed by atoms with E-state index in [-0.39, 0.29) is 58.7 Å². The van der Waals surface area contributed by atoms with Crippen LogP contribution in [0.3, 0.4) is 0 Å². The molecule has 0 N–H and O–H groups in total. The molecule has 1 aromatic rings. The Labute approximate surface area is 266 Å². The van der Waals surface area contributed by atoms with Gasteiger partial charge in [0.2, 0.25) is 0 Å². The first-order valence-corrected chi connectivity index (χ1v) is 16.6. The molecule has 10 nitrogen and oxygen atoms in total. The average Bonchev–Trinajstić information content (AvgIpc) is 3.47. The Morgan fingerprint density at radius 2 is 1.78 bits per heavy atom. The van der Waals surface area contributed by atoms with Crippen LogP contribution in [0.15, 0.2) is 18.2 Å². The molecular formula is C35H49NO9. The molecular weight excluding hydrogens is 578 g/mol. The Morgan fingerprint density at radius 3 is 2.42 bits per heavy atom. The second-order valence-corrected chi connectivity index (χ2v) is 14.5. The monoisotopic (exact) mass is 627 g/mol. The molecule has 6 aliphatic rings. The van der Waals surface area contributed by atoms with E-state index in [0.717, 1.165) is 38.8 Å². The number of piperidine rings is 1. The van der Waals surface area contributed by atoms with Gasteiger partial charge in [-0.3, -0.25) is 9.69 Å². The van der Waals surface area contributed by atoms with E-state index in [4.69, 9.17) is 33.2 Å². The summed E-state index contributed by atoms with van der Waals surface area (Å²) in [5.74, 6) is 0.613. The summed E-state index contributed by atoms with van der Waals surface area (Å²) in [6.45, 7) is 6.27. The van der Waals surface area contributed by atoms with Gasteiger partial charge < -0.3 is 33.2 Å². The highest BCUT2D eigenvalue weighted by atomic mass is 16.6. The van der Waals surface area contributed by atoms with Crippen molar-refractivity contribution in [2.45, 2.75) is 75.9 Å². The number of likely N-dealkylation sites (tertiary alicyclic amines) is 1. The first-order valence-electron chi connectivity index (χ1n) is 16.6. The van der Waals surface area contributed by atoms with Crippen LogP contribution in [0.2, 0.25) is 0 Å². The fourth-order valence-electron chi connectivity index (χ4n) is 12.3. The SMILES string of the molecule is CCN1C[C@]2(COC)CC[C@H](OC)[C@@]34[C@@H]5C[C@H]6[C@H](OC(C)=O)[C@@H]5[C@](OC(=O)c5ccc(OC)c(OC)c5)(C[C@@H]6OC)[C@@H](C[C@H]23)[C@@H]14. The van der Waals surface area contributed by atoms with E-state index in [2.05, 4.69) is 11.8 Å². The zero-order chi connectivity index (χ0) is 31.9. The fraction of sp³-hybridized carbons (Fsp3) is 0.771.